The number of carbonyl (C=O) groups excluding carboxylic acids is 1. The van der Waals surface area contributed by atoms with Gasteiger partial charge in [0.2, 0.25) is 0 Å². The third-order valence-electron chi connectivity index (χ3n) is 7.26. The van der Waals surface area contributed by atoms with Crippen LogP contribution in [-0.4, -0.2) is 34.8 Å². The highest BCUT2D eigenvalue weighted by Crippen LogP contribution is 2.38. The lowest BCUT2D eigenvalue weighted by atomic mass is 9.98. The summed E-state index contributed by atoms with van der Waals surface area (Å²) >= 11 is 0. The van der Waals surface area contributed by atoms with Crippen LogP contribution < -0.4 is 0 Å². The molecule has 0 aliphatic heterocycles. The minimum Gasteiger partial charge on any atom is -0.456 e. The highest BCUT2D eigenvalue weighted by Gasteiger charge is 2.44. The van der Waals surface area contributed by atoms with Gasteiger partial charge in [-0.05, 0) is 41.8 Å². The van der Waals surface area contributed by atoms with E-state index < -0.39 is 34.8 Å². The van der Waals surface area contributed by atoms with Gasteiger partial charge in [0, 0.05) is 12.5 Å². The normalized spacial score (nSPS) is 14.8. The first-order valence-electron chi connectivity index (χ1n) is 12.7. The van der Waals surface area contributed by atoms with Crippen LogP contribution in [0.5, 0.6) is 0 Å². The summed E-state index contributed by atoms with van der Waals surface area (Å²) < 4.78 is 20.2. The van der Waals surface area contributed by atoms with Crippen LogP contribution >= 0.6 is 0 Å². The van der Waals surface area contributed by atoms with Crippen molar-refractivity contribution in [1.82, 2.24) is 0 Å². The Morgan fingerprint density at radius 1 is 0.848 bits per heavy atom. The van der Waals surface area contributed by atoms with Crippen molar-refractivity contribution < 1.29 is 18.4 Å². The molecule has 1 rings (SSSR count). The molecular weight excluding hydrogens is 444 g/mol. The summed E-state index contributed by atoms with van der Waals surface area (Å²) in [7, 11) is -4.05. The van der Waals surface area contributed by atoms with Crippen LogP contribution in [-0.2, 0) is 18.4 Å². The minimum absolute atomic E-state index is 0.309. The molecule has 0 saturated carbocycles. The van der Waals surface area contributed by atoms with Crippen LogP contribution in [0.15, 0.2) is 55.6 Å². The Morgan fingerprint density at radius 2 is 1.33 bits per heavy atom. The number of ether oxygens (including phenoxy) is 1. The van der Waals surface area contributed by atoms with Crippen LogP contribution in [0, 0.1) is 0 Å². The van der Waals surface area contributed by atoms with E-state index in [4.69, 9.17) is 13.6 Å². The number of hydrogen-bond donors (Lipinski definition) is 0. The highest BCUT2D eigenvalue weighted by molar-refractivity contribution is 6.74. The van der Waals surface area contributed by atoms with Crippen molar-refractivity contribution >= 4 is 22.6 Å². The van der Waals surface area contributed by atoms with Gasteiger partial charge in [0.15, 0.2) is 16.6 Å². The van der Waals surface area contributed by atoms with Crippen molar-refractivity contribution in [3.05, 3.63) is 61.2 Å². The third kappa shape index (κ3) is 8.06. The Bertz CT molecular complexity index is 698. The van der Waals surface area contributed by atoms with Crippen LogP contribution in [0.25, 0.3) is 0 Å². The van der Waals surface area contributed by atoms with Crippen molar-refractivity contribution in [2.45, 2.75) is 103 Å². The maximum absolute atomic E-state index is 12.3. The van der Waals surface area contributed by atoms with Crippen molar-refractivity contribution in [3.63, 3.8) is 0 Å². The number of rotatable bonds is 17. The van der Waals surface area contributed by atoms with Gasteiger partial charge in [-0.1, -0.05) is 84.5 Å². The summed E-state index contributed by atoms with van der Waals surface area (Å²) in [5.41, 5.74) is 1.07. The standard InChI is InChI=1S/C27H46O4Si2/c1-9-20-24(29-25(28)10-2)27(31-33(14-6,15-7)16-8)26(23-21-18-17-19-22-23)30-32(11-3,12-4)13-5/h9-10,17-19,21-22,24,26-27H,1-2,11-16,20H2,3-8H3/t24-,26+,27-/m0/s1. The fraction of sp³-hybridized carbons (Fsp3) is 0.593. The smallest absolute Gasteiger partial charge is 0.330 e. The van der Waals surface area contributed by atoms with Gasteiger partial charge in [-0.2, -0.15) is 0 Å². The molecule has 1 aromatic carbocycles. The number of carbonyl (C=O) groups is 1. The molecule has 0 heterocycles. The largest absolute Gasteiger partial charge is 0.456 e. The van der Waals surface area contributed by atoms with Gasteiger partial charge in [0.1, 0.15) is 12.2 Å². The van der Waals surface area contributed by atoms with Gasteiger partial charge in [0.25, 0.3) is 0 Å². The van der Waals surface area contributed by atoms with Gasteiger partial charge in [-0.15, -0.1) is 6.58 Å². The molecule has 1 aromatic rings. The van der Waals surface area contributed by atoms with E-state index in [0.717, 1.165) is 41.8 Å². The van der Waals surface area contributed by atoms with Gasteiger partial charge in [-0.25, -0.2) is 4.79 Å². The number of esters is 1. The molecule has 4 nitrogen and oxygen atoms in total. The molecule has 0 amide bonds. The van der Waals surface area contributed by atoms with Crippen LogP contribution in [0.1, 0.15) is 59.6 Å². The summed E-state index contributed by atoms with van der Waals surface area (Å²) in [5, 5.41) is 0. The Morgan fingerprint density at radius 3 is 1.76 bits per heavy atom. The van der Waals surface area contributed by atoms with E-state index in [1.807, 2.05) is 18.2 Å². The Labute approximate surface area is 204 Å². The first-order valence-corrected chi connectivity index (χ1v) is 17.7. The maximum atomic E-state index is 12.3. The Balaban J connectivity index is 3.69. The van der Waals surface area contributed by atoms with E-state index in [1.54, 1.807) is 6.08 Å². The molecule has 6 heteroatoms. The Hall–Kier alpha value is -1.48. The van der Waals surface area contributed by atoms with Crippen LogP contribution in [0.3, 0.4) is 0 Å². The molecule has 0 N–H and O–H groups in total. The average Bonchev–Trinajstić information content (AvgIpc) is 2.87. The van der Waals surface area contributed by atoms with Gasteiger partial charge in [-0.3, -0.25) is 0 Å². The summed E-state index contributed by atoms with van der Waals surface area (Å²) in [5.74, 6) is -0.441. The fourth-order valence-corrected chi connectivity index (χ4v) is 10.1. The lowest BCUT2D eigenvalue weighted by Crippen LogP contribution is -2.51. The molecule has 0 radical (unpaired) electrons. The van der Waals surface area contributed by atoms with E-state index in [9.17, 15) is 4.79 Å². The fourth-order valence-electron chi connectivity index (χ4n) is 4.47. The predicted octanol–water partition coefficient (Wildman–Crippen LogP) is 7.81. The minimum atomic E-state index is -2.05. The van der Waals surface area contributed by atoms with E-state index in [1.165, 1.54) is 6.08 Å². The SMILES string of the molecule is C=CC[C@H](OC(=O)C=C)[C@H](O[Si](CC)(CC)CC)[C@H](O[Si](CC)(CC)CC)c1ccccc1. The molecule has 0 saturated heterocycles. The zero-order chi connectivity index (χ0) is 24.9. The molecule has 0 bridgehead atoms. The zero-order valence-electron chi connectivity index (χ0n) is 21.8. The number of hydrogen-bond acceptors (Lipinski definition) is 4. The lowest BCUT2D eigenvalue weighted by Gasteiger charge is -2.43. The van der Waals surface area contributed by atoms with Gasteiger partial charge >= 0.3 is 5.97 Å². The zero-order valence-corrected chi connectivity index (χ0v) is 23.8. The molecule has 0 unspecified atom stereocenters. The molecular formula is C27H46O4Si2. The van der Waals surface area contributed by atoms with Gasteiger partial charge < -0.3 is 13.6 Å². The van der Waals surface area contributed by atoms with Crippen LogP contribution in [0.2, 0.25) is 36.3 Å². The van der Waals surface area contributed by atoms with Crippen molar-refractivity contribution in [1.29, 1.82) is 0 Å². The quantitative estimate of drug-likeness (QED) is 0.0966. The van der Waals surface area contributed by atoms with Crippen molar-refractivity contribution in [3.8, 4) is 0 Å². The molecule has 3 atom stereocenters. The molecule has 0 spiro atoms. The molecule has 33 heavy (non-hydrogen) atoms. The molecule has 0 aromatic heterocycles. The van der Waals surface area contributed by atoms with Crippen molar-refractivity contribution in [2.75, 3.05) is 0 Å². The lowest BCUT2D eigenvalue weighted by molar-refractivity contribution is -0.152. The van der Waals surface area contributed by atoms with Gasteiger partial charge in [0.05, 0.1) is 6.10 Å². The average molecular weight is 491 g/mol. The molecule has 0 aliphatic carbocycles. The van der Waals surface area contributed by atoms with E-state index >= 15 is 0 Å². The first kappa shape index (κ1) is 29.6. The third-order valence-corrected chi connectivity index (χ3v) is 16.5. The summed E-state index contributed by atoms with van der Waals surface area (Å²) in [6.07, 6.45) is 2.31. The van der Waals surface area contributed by atoms with E-state index in [2.05, 4.69) is 66.8 Å². The van der Waals surface area contributed by atoms with Crippen LogP contribution in [0.4, 0.5) is 0 Å². The topological polar surface area (TPSA) is 44.8 Å². The second-order valence-corrected chi connectivity index (χ2v) is 18.2. The molecule has 0 fully saturated rings. The van der Waals surface area contributed by atoms with E-state index in [-0.39, 0.29) is 6.10 Å². The second-order valence-electron chi connectivity index (χ2n) is 8.72. The first-order chi connectivity index (χ1) is 15.8. The molecule has 0 aliphatic rings. The predicted molar refractivity (Wildman–Crippen MR) is 144 cm³/mol. The second kappa shape index (κ2) is 14.7. The highest BCUT2D eigenvalue weighted by atomic mass is 28.4. The summed E-state index contributed by atoms with van der Waals surface area (Å²) in [6.45, 7) is 20.9. The summed E-state index contributed by atoms with van der Waals surface area (Å²) in [6, 6.07) is 16.4. The summed E-state index contributed by atoms with van der Waals surface area (Å²) in [4.78, 5) is 12.3. The van der Waals surface area contributed by atoms with Crippen molar-refractivity contribution in [2.24, 2.45) is 0 Å². The molecule has 186 valence electrons. The Kier molecular flexibility index (Phi) is 13.2. The van der Waals surface area contributed by atoms with E-state index in [0.29, 0.717) is 6.42 Å². The monoisotopic (exact) mass is 490 g/mol. The number of benzene rings is 1. The maximum Gasteiger partial charge on any atom is 0.330 e.